The predicted molar refractivity (Wildman–Crippen MR) is 153 cm³/mol. The predicted octanol–water partition coefficient (Wildman–Crippen LogP) is 6.00. The van der Waals surface area contributed by atoms with Gasteiger partial charge in [-0.2, -0.15) is 0 Å². The van der Waals surface area contributed by atoms with Gasteiger partial charge in [0.15, 0.2) is 0 Å². The molecule has 2 atom stereocenters. The van der Waals surface area contributed by atoms with E-state index in [-0.39, 0.29) is 17.4 Å². The van der Waals surface area contributed by atoms with E-state index in [1.54, 1.807) is 11.0 Å². The number of hydrogen-bond acceptors (Lipinski definition) is 7. The largest absolute Gasteiger partial charge is 0.444 e. The second-order valence-electron chi connectivity index (χ2n) is 12.1. The number of likely N-dealkylation sites (tertiary alicyclic amines) is 1. The van der Waals surface area contributed by atoms with Gasteiger partial charge in [0.2, 0.25) is 5.91 Å². The number of ether oxygens (including phenoxy) is 2. The third-order valence-electron chi connectivity index (χ3n) is 6.95. The summed E-state index contributed by atoms with van der Waals surface area (Å²) in [6.07, 6.45) is 4.55. The van der Waals surface area contributed by atoms with Gasteiger partial charge < -0.3 is 25.0 Å². The minimum atomic E-state index is -0.585. The molecule has 10 heteroatoms. The number of rotatable bonds is 6. The van der Waals surface area contributed by atoms with E-state index in [1.807, 2.05) is 39.0 Å². The van der Waals surface area contributed by atoms with Crippen LogP contribution in [-0.4, -0.2) is 64.3 Å². The van der Waals surface area contributed by atoms with Crippen LogP contribution >= 0.6 is 11.6 Å². The first-order valence-corrected chi connectivity index (χ1v) is 14.1. The van der Waals surface area contributed by atoms with Crippen LogP contribution in [-0.2, 0) is 14.3 Å². The summed E-state index contributed by atoms with van der Waals surface area (Å²) in [5.41, 5.74) is 0.677. The molecule has 2 fully saturated rings. The molecule has 4 heterocycles. The van der Waals surface area contributed by atoms with Crippen molar-refractivity contribution in [3.63, 3.8) is 0 Å². The van der Waals surface area contributed by atoms with Crippen LogP contribution in [0, 0.1) is 11.8 Å². The van der Waals surface area contributed by atoms with Gasteiger partial charge in [-0.3, -0.25) is 4.79 Å². The van der Waals surface area contributed by atoms with Crippen molar-refractivity contribution in [2.45, 2.75) is 71.5 Å². The van der Waals surface area contributed by atoms with Crippen molar-refractivity contribution in [2.24, 2.45) is 11.8 Å². The molecule has 2 aromatic heterocycles. The van der Waals surface area contributed by atoms with Gasteiger partial charge in [0, 0.05) is 38.0 Å². The molecule has 9 nitrogen and oxygen atoms in total. The van der Waals surface area contributed by atoms with Crippen molar-refractivity contribution < 1.29 is 19.1 Å². The lowest BCUT2D eigenvalue weighted by molar-refractivity contribution is -0.121. The maximum atomic E-state index is 13.1. The number of pyridine rings is 2. The molecule has 0 spiro atoms. The summed E-state index contributed by atoms with van der Waals surface area (Å²) < 4.78 is 11.3. The maximum absolute atomic E-state index is 13.1. The normalized spacial score (nSPS) is 21.2. The Labute approximate surface area is 236 Å². The number of halogens is 1. The molecule has 2 amide bonds. The molecule has 2 N–H and O–H groups in total. The Kier molecular flexibility index (Phi) is 9.01. The molecule has 0 radical (unpaired) electrons. The number of carbonyl (C=O) groups is 2. The number of hydrogen-bond donors (Lipinski definition) is 2. The van der Waals surface area contributed by atoms with E-state index < -0.39 is 11.7 Å². The minimum absolute atomic E-state index is 0.100. The summed E-state index contributed by atoms with van der Waals surface area (Å²) in [4.78, 5) is 36.3. The van der Waals surface area contributed by atoms with Crippen molar-refractivity contribution in [1.29, 1.82) is 0 Å². The summed E-state index contributed by atoms with van der Waals surface area (Å²) in [6.45, 7) is 12.2. The molecule has 212 valence electrons. The lowest BCUT2D eigenvalue weighted by atomic mass is 9.88. The van der Waals surface area contributed by atoms with E-state index in [4.69, 9.17) is 26.1 Å². The number of piperidine rings is 1. The second kappa shape index (κ2) is 12.1. The van der Waals surface area contributed by atoms with Crippen LogP contribution in [0.2, 0.25) is 5.02 Å². The fraction of sp³-hybridized carbons (Fsp3) is 0.586. The van der Waals surface area contributed by atoms with E-state index in [0.717, 1.165) is 38.2 Å². The molecule has 2 aliphatic heterocycles. The summed E-state index contributed by atoms with van der Waals surface area (Å²) in [5.74, 6) is 1.12. The summed E-state index contributed by atoms with van der Waals surface area (Å²) in [6, 6.07) is 7.49. The zero-order valence-corrected chi connectivity index (χ0v) is 24.3. The SMILES string of the molecule is CC(C)(C)OC(=O)N1CCC[C@@H](C(=O)Nc2cc(-c3cccc(NC[C@H]4CCOC(C)(C)C4)n3)c(Cl)cn2)C1. The highest BCUT2D eigenvalue weighted by Crippen LogP contribution is 2.31. The Bertz CT molecular complexity index is 1180. The third-order valence-corrected chi connectivity index (χ3v) is 7.25. The average Bonchev–Trinajstić information content (AvgIpc) is 2.87. The molecule has 39 heavy (non-hydrogen) atoms. The van der Waals surface area contributed by atoms with Gasteiger partial charge in [-0.05, 0) is 84.4 Å². The minimum Gasteiger partial charge on any atom is -0.444 e. The number of anilines is 2. The Morgan fingerprint density at radius 1 is 1.23 bits per heavy atom. The first kappa shape index (κ1) is 29.1. The highest BCUT2D eigenvalue weighted by molar-refractivity contribution is 6.33. The number of carbonyl (C=O) groups excluding carboxylic acids is 2. The van der Waals surface area contributed by atoms with Crippen LogP contribution in [0.25, 0.3) is 11.3 Å². The molecule has 0 unspecified atom stereocenters. The van der Waals surface area contributed by atoms with Crippen molar-refractivity contribution in [2.75, 3.05) is 36.9 Å². The topological polar surface area (TPSA) is 106 Å². The number of nitrogens with one attached hydrogen (secondary N) is 2. The lowest BCUT2D eigenvalue weighted by Crippen LogP contribution is -2.45. The molecular formula is C29H40ClN5O4. The summed E-state index contributed by atoms with van der Waals surface area (Å²) in [7, 11) is 0. The fourth-order valence-electron chi connectivity index (χ4n) is 5.08. The van der Waals surface area contributed by atoms with Crippen LogP contribution in [0.3, 0.4) is 0 Å². The van der Waals surface area contributed by atoms with Crippen LogP contribution < -0.4 is 10.6 Å². The number of amides is 2. The van der Waals surface area contributed by atoms with E-state index in [0.29, 0.717) is 47.5 Å². The monoisotopic (exact) mass is 557 g/mol. The van der Waals surface area contributed by atoms with Crippen LogP contribution in [0.4, 0.5) is 16.4 Å². The van der Waals surface area contributed by atoms with Crippen LogP contribution in [0.5, 0.6) is 0 Å². The van der Waals surface area contributed by atoms with E-state index in [2.05, 4.69) is 29.5 Å². The van der Waals surface area contributed by atoms with Gasteiger partial charge in [-0.15, -0.1) is 0 Å². The van der Waals surface area contributed by atoms with Gasteiger partial charge in [-0.1, -0.05) is 17.7 Å². The van der Waals surface area contributed by atoms with E-state index in [1.165, 1.54) is 6.20 Å². The summed E-state index contributed by atoms with van der Waals surface area (Å²) in [5, 5.41) is 6.81. The summed E-state index contributed by atoms with van der Waals surface area (Å²) >= 11 is 6.50. The van der Waals surface area contributed by atoms with E-state index in [9.17, 15) is 9.59 Å². The molecule has 0 saturated carbocycles. The van der Waals surface area contributed by atoms with Crippen molar-refractivity contribution in [1.82, 2.24) is 14.9 Å². The van der Waals surface area contributed by atoms with Gasteiger partial charge in [0.25, 0.3) is 0 Å². The maximum Gasteiger partial charge on any atom is 0.410 e. The highest BCUT2D eigenvalue weighted by atomic mass is 35.5. The van der Waals surface area contributed by atoms with Gasteiger partial charge >= 0.3 is 6.09 Å². The molecule has 0 aliphatic carbocycles. The Hall–Kier alpha value is -2.91. The van der Waals surface area contributed by atoms with Gasteiger partial charge in [0.05, 0.1) is 22.2 Å². The zero-order valence-electron chi connectivity index (χ0n) is 23.6. The molecule has 0 aromatic carbocycles. The lowest BCUT2D eigenvalue weighted by Gasteiger charge is -2.35. The molecule has 2 saturated heterocycles. The first-order valence-electron chi connectivity index (χ1n) is 13.7. The molecule has 4 rings (SSSR count). The Balaban J connectivity index is 1.40. The number of nitrogens with zero attached hydrogens (tertiary/aromatic N) is 3. The van der Waals surface area contributed by atoms with Gasteiger partial charge in [0.1, 0.15) is 17.2 Å². The molecule has 2 aliphatic rings. The zero-order chi connectivity index (χ0) is 28.2. The van der Waals surface area contributed by atoms with Crippen molar-refractivity contribution in [3.8, 4) is 11.3 Å². The fourth-order valence-corrected chi connectivity index (χ4v) is 5.28. The molecular weight excluding hydrogens is 518 g/mol. The smallest absolute Gasteiger partial charge is 0.410 e. The van der Waals surface area contributed by atoms with Crippen molar-refractivity contribution in [3.05, 3.63) is 35.5 Å². The highest BCUT2D eigenvalue weighted by Gasteiger charge is 2.31. The molecule has 0 bridgehead atoms. The van der Waals surface area contributed by atoms with Crippen LogP contribution in [0.1, 0.15) is 60.3 Å². The van der Waals surface area contributed by atoms with Crippen LogP contribution in [0.15, 0.2) is 30.5 Å². The standard InChI is InChI=1S/C29H40ClN5O4/c1-28(2,3)39-27(37)35-12-7-8-20(18-35)26(36)34-25-14-21(22(30)17-32-25)23-9-6-10-24(33-23)31-16-19-11-13-38-29(4,5)15-19/h6,9-10,14,17,19-20H,7-8,11-13,15-16,18H2,1-5H3,(H,31,33)(H,32,34,36)/t19-,20+/m0/s1. The van der Waals surface area contributed by atoms with Gasteiger partial charge in [-0.25, -0.2) is 14.8 Å². The molecule has 2 aromatic rings. The van der Waals surface area contributed by atoms with E-state index >= 15 is 0 Å². The quantitative estimate of drug-likeness (QED) is 0.448. The Morgan fingerprint density at radius 2 is 2.03 bits per heavy atom. The second-order valence-corrected chi connectivity index (χ2v) is 12.5. The third kappa shape index (κ3) is 8.29. The Morgan fingerprint density at radius 3 is 2.77 bits per heavy atom. The van der Waals surface area contributed by atoms with Crippen molar-refractivity contribution >= 4 is 35.2 Å². The first-order chi connectivity index (χ1) is 18.4. The number of aromatic nitrogens is 2. The average molecular weight is 558 g/mol.